The molecule has 2 rings (SSSR count). The molecule has 5 heteroatoms. The number of aromatic nitrogens is 2. The molecule has 0 aliphatic carbocycles. The van der Waals surface area contributed by atoms with E-state index in [4.69, 9.17) is 10.2 Å². The minimum Gasteiger partial charge on any atom is -0.458 e. The molecule has 0 aliphatic rings. The van der Waals surface area contributed by atoms with Crippen LogP contribution in [0.1, 0.15) is 31.7 Å². The second kappa shape index (κ2) is 5.69. The van der Waals surface area contributed by atoms with Gasteiger partial charge in [0, 0.05) is 6.42 Å². The molecule has 0 unspecified atom stereocenters. The van der Waals surface area contributed by atoms with E-state index in [1.54, 1.807) is 0 Å². The molecule has 0 atom stereocenters. The summed E-state index contributed by atoms with van der Waals surface area (Å²) in [5.41, 5.74) is 6.92. The lowest BCUT2D eigenvalue weighted by Gasteiger charge is -2.06. The Kier molecular flexibility index (Phi) is 4.21. The Morgan fingerprint density at radius 1 is 1.28 bits per heavy atom. The van der Waals surface area contributed by atoms with Gasteiger partial charge in [0.2, 0.25) is 0 Å². The molecule has 4 nitrogen and oxygen atoms in total. The van der Waals surface area contributed by atoms with Crippen molar-refractivity contribution in [2.45, 2.75) is 33.1 Å². The van der Waals surface area contributed by atoms with Crippen LogP contribution in [0.4, 0.5) is 5.82 Å². The minimum absolute atomic E-state index is 0.526. The molecule has 2 aromatic rings. The molecule has 0 aliphatic heterocycles. The predicted octanol–water partition coefficient (Wildman–Crippen LogP) is 3.44. The number of halogens is 1. The van der Waals surface area contributed by atoms with Crippen molar-refractivity contribution in [3.8, 4) is 11.6 Å². The van der Waals surface area contributed by atoms with Gasteiger partial charge in [0.15, 0.2) is 11.6 Å². The molecule has 0 bridgehead atoms. The minimum atomic E-state index is 0.526. The summed E-state index contributed by atoms with van der Waals surface area (Å²) >= 11 is 2.20. The summed E-state index contributed by atoms with van der Waals surface area (Å²) < 4.78 is 6.61. The van der Waals surface area contributed by atoms with E-state index in [1.165, 1.54) is 0 Å². The average Bonchev–Trinajstić information content (AvgIpc) is 2.83. The van der Waals surface area contributed by atoms with Crippen LogP contribution in [0.5, 0.6) is 0 Å². The van der Waals surface area contributed by atoms with E-state index in [2.05, 4.69) is 39.5 Å². The van der Waals surface area contributed by atoms with Crippen molar-refractivity contribution < 1.29 is 4.42 Å². The first kappa shape index (κ1) is 13.3. The van der Waals surface area contributed by atoms with Crippen LogP contribution < -0.4 is 5.73 Å². The molecule has 0 spiro atoms. The summed E-state index contributed by atoms with van der Waals surface area (Å²) in [7, 11) is 0. The third-order valence-corrected chi connectivity index (χ3v) is 3.84. The van der Waals surface area contributed by atoms with Crippen LogP contribution in [0.2, 0.25) is 0 Å². The molecule has 2 aromatic heterocycles. The zero-order valence-corrected chi connectivity index (χ0v) is 12.7. The second-order valence-corrected chi connectivity index (χ2v) is 5.14. The van der Waals surface area contributed by atoms with Crippen molar-refractivity contribution in [2.24, 2.45) is 0 Å². The SMILES string of the molecule is CCCc1nc(-c2ccc(CC)o2)nc(N)c1I. The predicted molar refractivity (Wildman–Crippen MR) is 80.2 cm³/mol. The van der Waals surface area contributed by atoms with Gasteiger partial charge in [0.25, 0.3) is 0 Å². The van der Waals surface area contributed by atoms with Crippen molar-refractivity contribution in [1.82, 2.24) is 9.97 Å². The molecule has 0 amide bonds. The Balaban J connectivity index is 2.44. The fourth-order valence-corrected chi connectivity index (χ4v) is 2.22. The Morgan fingerprint density at radius 2 is 2.06 bits per heavy atom. The Morgan fingerprint density at radius 3 is 2.67 bits per heavy atom. The molecule has 0 radical (unpaired) electrons. The van der Waals surface area contributed by atoms with Crippen LogP contribution in [0.3, 0.4) is 0 Å². The van der Waals surface area contributed by atoms with Crippen LogP contribution in [-0.4, -0.2) is 9.97 Å². The number of nitrogens with two attached hydrogens (primary N) is 1. The smallest absolute Gasteiger partial charge is 0.197 e. The highest BCUT2D eigenvalue weighted by molar-refractivity contribution is 14.1. The third kappa shape index (κ3) is 2.66. The van der Waals surface area contributed by atoms with Gasteiger partial charge in [-0.15, -0.1) is 0 Å². The molecule has 96 valence electrons. The lowest BCUT2D eigenvalue weighted by molar-refractivity contribution is 0.525. The van der Waals surface area contributed by atoms with Crippen molar-refractivity contribution >= 4 is 28.4 Å². The van der Waals surface area contributed by atoms with Crippen molar-refractivity contribution in [1.29, 1.82) is 0 Å². The number of furan rings is 1. The molecule has 0 aromatic carbocycles. The van der Waals surface area contributed by atoms with Gasteiger partial charge in [-0.25, -0.2) is 9.97 Å². The number of nitrogens with zero attached hydrogens (tertiary/aromatic N) is 2. The zero-order chi connectivity index (χ0) is 13.1. The summed E-state index contributed by atoms with van der Waals surface area (Å²) in [5, 5.41) is 0. The molecule has 0 saturated heterocycles. The third-order valence-electron chi connectivity index (χ3n) is 2.66. The maximum atomic E-state index is 5.93. The topological polar surface area (TPSA) is 64.9 Å². The van der Waals surface area contributed by atoms with Gasteiger partial charge in [-0.1, -0.05) is 20.3 Å². The van der Waals surface area contributed by atoms with E-state index in [0.29, 0.717) is 17.4 Å². The van der Waals surface area contributed by atoms with E-state index in [-0.39, 0.29) is 0 Å². The zero-order valence-electron chi connectivity index (χ0n) is 10.5. The summed E-state index contributed by atoms with van der Waals surface area (Å²) in [4.78, 5) is 8.85. The summed E-state index contributed by atoms with van der Waals surface area (Å²) in [5.74, 6) is 2.73. The van der Waals surface area contributed by atoms with Gasteiger partial charge < -0.3 is 10.2 Å². The fraction of sp³-hybridized carbons (Fsp3) is 0.385. The van der Waals surface area contributed by atoms with Gasteiger partial charge in [0.05, 0.1) is 9.26 Å². The van der Waals surface area contributed by atoms with Crippen LogP contribution in [-0.2, 0) is 12.8 Å². The van der Waals surface area contributed by atoms with Crippen molar-refractivity contribution in [3.63, 3.8) is 0 Å². The highest BCUT2D eigenvalue weighted by Gasteiger charge is 2.13. The molecule has 2 N–H and O–H groups in total. The standard InChI is InChI=1S/C13H16IN3O/c1-3-5-9-11(14)12(15)17-13(16-9)10-7-6-8(4-2)18-10/h6-7H,3-5H2,1-2H3,(H2,15,16,17). The molecular weight excluding hydrogens is 341 g/mol. The lowest BCUT2D eigenvalue weighted by Crippen LogP contribution is -2.04. The van der Waals surface area contributed by atoms with E-state index < -0.39 is 0 Å². The molecule has 18 heavy (non-hydrogen) atoms. The molecule has 0 saturated carbocycles. The Bertz CT molecular complexity index is 551. The maximum absolute atomic E-state index is 5.93. The highest BCUT2D eigenvalue weighted by atomic mass is 127. The number of rotatable bonds is 4. The van der Waals surface area contributed by atoms with Crippen molar-refractivity contribution in [2.75, 3.05) is 5.73 Å². The van der Waals surface area contributed by atoms with Gasteiger partial charge in [-0.05, 0) is 41.1 Å². The monoisotopic (exact) mass is 357 g/mol. The summed E-state index contributed by atoms with van der Waals surface area (Å²) in [6.07, 6.45) is 2.80. The van der Waals surface area contributed by atoms with Gasteiger partial charge in [-0.2, -0.15) is 0 Å². The van der Waals surface area contributed by atoms with E-state index >= 15 is 0 Å². The van der Waals surface area contributed by atoms with Crippen LogP contribution in [0, 0.1) is 3.57 Å². The van der Waals surface area contributed by atoms with Crippen molar-refractivity contribution in [3.05, 3.63) is 27.2 Å². The maximum Gasteiger partial charge on any atom is 0.197 e. The first-order valence-electron chi connectivity index (χ1n) is 6.06. The molecule has 0 fully saturated rings. The van der Waals surface area contributed by atoms with E-state index in [1.807, 2.05) is 19.1 Å². The first-order valence-corrected chi connectivity index (χ1v) is 7.14. The number of hydrogen-bond donors (Lipinski definition) is 1. The van der Waals surface area contributed by atoms with Gasteiger partial charge >= 0.3 is 0 Å². The number of aryl methyl sites for hydroxylation is 2. The molecular formula is C13H16IN3O. The first-order chi connectivity index (χ1) is 8.65. The lowest BCUT2D eigenvalue weighted by atomic mass is 10.2. The fourth-order valence-electron chi connectivity index (χ4n) is 1.71. The van der Waals surface area contributed by atoms with Crippen LogP contribution in [0.15, 0.2) is 16.5 Å². The highest BCUT2D eigenvalue weighted by Crippen LogP contribution is 2.24. The summed E-state index contributed by atoms with van der Waals surface area (Å²) in [6, 6.07) is 3.85. The van der Waals surface area contributed by atoms with E-state index in [0.717, 1.165) is 34.3 Å². The van der Waals surface area contributed by atoms with E-state index in [9.17, 15) is 0 Å². The Labute approximate surface area is 120 Å². The number of anilines is 1. The van der Waals surface area contributed by atoms with Gasteiger partial charge in [-0.3, -0.25) is 0 Å². The quantitative estimate of drug-likeness (QED) is 0.852. The Hall–Kier alpha value is -1.11. The normalized spacial score (nSPS) is 10.8. The van der Waals surface area contributed by atoms with Gasteiger partial charge in [0.1, 0.15) is 11.6 Å². The number of hydrogen-bond acceptors (Lipinski definition) is 4. The second-order valence-electron chi connectivity index (χ2n) is 4.06. The van der Waals surface area contributed by atoms with Crippen LogP contribution >= 0.6 is 22.6 Å². The number of nitrogen functional groups attached to an aromatic ring is 1. The average molecular weight is 357 g/mol. The molecule has 2 heterocycles. The van der Waals surface area contributed by atoms with Crippen LogP contribution in [0.25, 0.3) is 11.6 Å². The largest absolute Gasteiger partial charge is 0.458 e. The summed E-state index contributed by atoms with van der Waals surface area (Å²) in [6.45, 7) is 4.17.